The summed E-state index contributed by atoms with van der Waals surface area (Å²) in [5.41, 5.74) is 0.422. The minimum atomic E-state index is -0.980. The van der Waals surface area contributed by atoms with Gasteiger partial charge < -0.3 is 33.8 Å². The van der Waals surface area contributed by atoms with Gasteiger partial charge in [0.2, 0.25) is 17.5 Å². The predicted octanol–water partition coefficient (Wildman–Crippen LogP) is 3.03. The number of H-pyrrole nitrogens is 1. The Bertz CT molecular complexity index is 1530. The molecule has 0 bridgehead atoms. The summed E-state index contributed by atoms with van der Waals surface area (Å²) in [6.07, 6.45) is -0.267. The number of benzene rings is 2. The number of anilines is 1. The number of tetrazole rings is 1. The number of aromatic hydroxyl groups is 1. The van der Waals surface area contributed by atoms with Gasteiger partial charge in [0.15, 0.2) is 11.5 Å². The molecule has 1 amide bonds. The molecule has 0 saturated carbocycles. The first kappa shape index (κ1) is 27.0. The van der Waals surface area contributed by atoms with Crippen molar-refractivity contribution in [3.8, 4) is 40.1 Å². The molecule has 2 aromatic carbocycles. The molecule has 1 unspecified atom stereocenters. The number of nitrogens with one attached hydrogen (secondary N) is 2. The molecule has 13 nitrogen and oxygen atoms in total. The molecule has 1 atom stereocenters. The van der Waals surface area contributed by atoms with E-state index in [1.54, 1.807) is 30.3 Å². The summed E-state index contributed by atoms with van der Waals surface area (Å²) < 4.78 is 27.1. The summed E-state index contributed by atoms with van der Waals surface area (Å²) in [4.78, 5) is 26.3. The lowest BCUT2D eigenvalue weighted by Crippen LogP contribution is -2.21. The number of aryl methyl sites for hydroxylation is 1. The van der Waals surface area contributed by atoms with Gasteiger partial charge in [-0.15, -0.1) is 10.2 Å². The maximum absolute atomic E-state index is 13.4. The molecule has 0 aliphatic carbocycles. The van der Waals surface area contributed by atoms with Crippen LogP contribution in [-0.4, -0.2) is 60.1 Å². The number of aromatic amines is 1. The number of methoxy groups -OCH3 is 4. The molecular weight excluding hydrogens is 510 g/mol. The Balaban J connectivity index is 1.76. The number of hydrogen-bond donors (Lipinski definition) is 3. The van der Waals surface area contributed by atoms with E-state index in [4.69, 9.17) is 23.4 Å². The zero-order valence-corrected chi connectivity index (χ0v) is 21.9. The summed E-state index contributed by atoms with van der Waals surface area (Å²) in [5, 5.41) is 27.5. The summed E-state index contributed by atoms with van der Waals surface area (Å²) in [6, 6.07) is 9.50. The average Bonchev–Trinajstić information content (AvgIpc) is 3.46. The third-order valence-electron chi connectivity index (χ3n) is 6.01. The monoisotopic (exact) mass is 537 g/mol. The van der Waals surface area contributed by atoms with Gasteiger partial charge in [-0.1, -0.05) is 6.07 Å². The maximum Gasteiger partial charge on any atom is 0.343 e. The largest absolute Gasteiger partial charge is 0.507 e. The van der Waals surface area contributed by atoms with Crippen molar-refractivity contribution >= 4 is 11.6 Å². The number of carbonyl (C=O) groups is 1. The van der Waals surface area contributed by atoms with Crippen LogP contribution in [0.25, 0.3) is 11.4 Å². The second kappa shape index (κ2) is 11.5. The minimum Gasteiger partial charge on any atom is -0.507 e. The molecule has 13 heteroatoms. The highest BCUT2D eigenvalue weighted by molar-refractivity contribution is 5.92. The molecule has 0 spiro atoms. The Kier molecular flexibility index (Phi) is 7.98. The first-order chi connectivity index (χ1) is 18.8. The molecule has 0 aliphatic heterocycles. The first-order valence-electron chi connectivity index (χ1n) is 11.6. The van der Waals surface area contributed by atoms with Crippen molar-refractivity contribution in [3.05, 3.63) is 63.7 Å². The highest BCUT2D eigenvalue weighted by Crippen LogP contribution is 2.46. The lowest BCUT2D eigenvalue weighted by atomic mass is 9.87. The van der Waals surface area contributed by atoms with Crippen molar-refractivity contribution in [1.82, 2.24) is 20.6 Å². The lowest BCUT2D eigenvalue weighted by Gasteiger charge is -2.22. The predicted molar refractivity (Wildman–Crippen MR) is 139 cm³/mol. The first-order valence-corrected chi connectivity index (χ1v) is 11.6. The standard InChI is InChI=1S/C26H27N5O8/c1-13-10-18(32)22(26(34)39-13)16(15-7-9-20(36-3)24(38-5)23(15)37-4)12-21(33)27-14-6-8-19(35-2)17(11-14)25-28-30-31-29-25/h6-11,16,32H,12H2,1-5H3,(H,27,33)(H,28,29,30,31). The van der Waals surface area contributed by atoms with E-state index in [0.717, 1.165) is 0 Å². The number of amides is 1. The number of rotatable bonds is 10. The molecule has 4 rings (SSSR count). The molecule has 4 aromatic rings. The lowest BCUT2D eigenvalue weighted by molar-refractivity contribution is -0.116. The Labute approximate surface area is 222 Å². The van der Waals surface area contributed by atoms with E-state index in [0.29, 0.717) is 28.3 Å². The molecule has 0 radical (unpaired) electrons. The Hall–Kier alpha value is -5.07. The van der Waals surface area contributed by atoms with Crippen LogP contribution in [0.4, 0.5) is 5.69 Å². The zero-order valence-electron chi connectivity index (χ0n) is 21.9. The third kappa shape index (κ3) is 5.46. The quantitative estimate of drug-likeness (QED) is 0.272. The molecule has 0 saturated heterocycles. The normalized spacial score (nSPS) is 11.5. The second-order valence-electron chi connectivity index (χ2n) is 8.32. The van der Waals surface area contributed by atoms with Crippen molar-refractivity contribution in [1.29, 1.82) is 0 Å². The van der Waals surface area contributed by atoms with Gasteiger partial charge in [0, 0.05) is 29.7 Å². The highest BCUT2D eigenvalue weighted by atomic mass is 16.5. The summed E-state index contributed by atoms with van der Waals surface area (Å²) in [7, 11) is 5.83. The summed E-state index contributed by atoms with van der Waals surface area (Å²) >= 11 is 0. The SMILES string of the molecule is COc1ccc(NC(=O)CC(c2ccc(OC)c(OC)c2OC)c2c(O)cc(C)oc2=O)cc1-c1nn[nH]n1. The van der Waals surface area contributed by atoms with Crippen LogP contribution in [-0.2, 0) is 4.79 Å². The number of aromatic nitrogens is 4. The number of hydrogen-bond acceptors (Lipinski definition) is 11. The van der Waals surface area contributed by atoms with Gasteiger partial charge in [-0.2, -0.15) is 5.21 Å². The van der Waals surface area contributed by atoms with Gasteiger partial charge in [0.1, 0.15) is 17.3 Å². The van der Waals surface area contributed by atoms with E-state index in [2.05, 4.69) is 25.9 Å². The van der Waals surface area contributed by atoms with Crippen LogP contribution in [0.1, 0.15) is 29.2 Å². The summed E-state index contributed by atoms with van der Waals surface area (Å²) in [5.74, 6) is 0.0816. The van der Waals surface area contributed by atoms with Crippen molar-refractivity contribution in [2.45, 2.75) is 19.3 Å². The molecule has 3 N–H and O–H groups in total. The fraction of sp³-hybridized carbons (Fsp3) is 0.269. The van der Waals surface area contributed by atoms with Crippen molar-refractivity contribution < 1.29 is 33.3 Å². The van der Waals surface area contributed by atoms with E-state index >= 15 is 0 Å². The van der Waals surface area contributed by atoms with Gasteiger partial charge in [-0.05, 0) is 36.4 Å². The average molecular weight is 538 g/mol. The third-order valence-corrected chi connectivity index (χ3v) is 6.01. The van der Waals surface area contributed by atoms with E-state index in [1.165, 1.54) is 41.4 Å². The molecule has 2 heterocycles. The van der Waals surface area contributed by atoms with Crippen molar-refractivity contribution in [2.75, 3.05) is 33.8 Å². The Morgan fingerprint density at radius 3 is 2.36 bits per heavy atom. The van der Waals surface area contributed by atoms with Gasteiger partial charge in [-0.25, -0.2) is 4.79 Å². The Morgan fingerprint density at radius 1 is 1.03 bits per heavy atom. The topological polar surface area (TPSA) is 171 Å². The molecule has 2 aromatic heterocycles. The van der Waals surface area contributed by atoms with E-state index in [-0.39, 0.29) is 40.8 Å². The van der Waals surface area contributed by atoms with Gasteiger partial charge in [0.05, 0.1) is 39.6 Å². The molecule has 0 aliphatic rings. The minimum absolute atomic E-state index is 0.108. The van der Waals surface area contributed by atoms with E-state index < -0.39 is 17.5 Å². The Morgan fingerprint density at radius 2 is 1.74 bits per heavy atom. The van der Waals surface area contributed by atoms with Crippen LogP contribution in [0.5, 0.6) is 28.7 Å². The number of carbonyl (C=O) groups excluding carboxylic acids is 1. The zero-order chi connectivity index (χ0) is 28.1. The van der Waals surface area contributed by atoms with E-state index in [9.17, 15) is 14.7 Å². The van der Waals surface area contributed by atoms with Crippen LogP contribution >= 0.6 is 0 Å². The van der Waals surface area contributed by atoms with Gasteiger partial charge >= 0.3 is 5.63 Å². The van der Waals surface area contributed by atoms with E-state index in [1.807, 2.05) is 0 Å². The maximum atomic E-state index is 13.4. The summed E-state index contributed by atoms with van der Waals surface area (Å²) in [6.45, 7) is 1.54. The van der Waals surface area contributed by atoms with Crippen LogP contribution in [0, 0.1) is 6.92 Å². The highest BCUT2D eigenvalue weighted by Gasteiger charge is 2.31. The van der Waals surface area contributed by atoms with Crippen LogP contribution < -0.4 is 29.9 Å². The molecule has 0 fully saturated rings. The van der Waals surface area contributed by atoms with Gasteiger partial charge in [0.25, 0.3) is 0 Å². The molecule has 204 valence electrons. The number of nitrogens with zero attached hydrogens (tertiary/aromatic N) is 3. The van der Waals surface area contributed by atoms with Crippen molar-refractivity contribution in [3.63, 3.8) is 0 Å². The fourth-order valence-corrected chi connectivity index (χ4v) is 4.33. The number of ether oxygens (including phenoxy) is 4. The second-order valence-corrected chi connectivity index (χ2v) is 8.32. The van der Waals surface area contributed by atoms with Crippen LogP contribution in [0.2, 0.25) is 0 Å². The van der Waals surface area contributed by atoms with Crippen LogP contribution in [0.3, 0.4) is 0 Å². The van der Waals surface area contributed by atoms with Gasteiger partial charge in [-0.3, -0.25) is 4.79 Å². The molecule has 39 heavy (non-hydrogen) atoms. The van der Waals surface area contributed by atoms with Crippen LogP contribution in [0.15, 0.2) is 45.6 Å². The fourth-order valence-electron chi connectivity index (χ4n) is 4.33. The molecular formula is C26H27N5O8. The van der Waals surface area contributed by atoms with Crippen molar-refractivity contribution in [2.24, 2.45) is 0 Å². The smallest absolute Gasteiger partial charge is 0.343 e.